The minimum atomic E-state index is 0.890. The van der Waals surface area contributed by atoms with E-state index >= 15 is 0 Å². The molecule has 3 heteroatoms. The fourth-order valence-corrected chi connectivity index (χ4v) is 1.93. The van der Waals surface area contributed by atoms with Gasteiger partial charge in [-0.1, -0.05) is 6.07 Å². The molecule has 0 radical (unpaired) electrons. The maximum absolute atomic E-state index is 5.30. The molecular weight excluding hydrogens is 218 g/mol. The normalized spacial score (nSPS) is 10.5. The second-order valence-corrected chi connectivity index (χ2v) is 4.35. The predicted molar refractivity (Wildman–Crippen MR) is 72.9 cm³/mol. The van der Waals surface area contributed by atoms with Crippen LogP contribution in [0.2, 0.25) is 0 Å². The van der Waals surface area contributed by atoms with Crippen molar-refractivity contribution >= 4 is 12.6 Å². The molecule has 2 nitrogen and oxygen atoms in total. The summed E-state index contributed by atoms with van der Waals surface area (Å²) in [7, 11) is 1.72. The molecule has 1 aromatic rings. The summed E-state index contributed by atoms with van der Waals surface area (Å²) in [6, 6.07) is 4.21. The van der Waals surface area contributed by atoms with E-state index in [1.165, 1.54) is 16.7 Å². The first-order valence-corrected chi connectivity index (χ1v) is 6.28. The second-order valence-electron chi connectivity index (χ2n) is 3.90. The summed E-state index contributed by atoms with van der Waals surface area (Å²) in [5.74, 6) is 1.87. The Morgan fingerprint density at radius 2 is 1.94 bits per heavy atom. The topological polar surface area (TPSA) is 21.3 Å². The lowest BCUT2D eigenvalue weighted by molar-refractivity contribution is 0.411. The lowest BCUT2D eigenvalue weighted by atomic mass is 10.00. The highest BCUT2D eigenvalue weighted by Crippen LogP contribution is 2.23. The third kappa shape index (κ3) is 3.42. The summed E-state index contributed by atoms with van der Waals surface area (Å²) in [4.78, 5) is 0. The van der Waals surface area contributed by atoms with Crippen LogP contribution in [0.4, 0.5) is 0 Å². The number of benzene rings is 1. The molecule has 0 atom stereocenters. The molecular formula is C13H21NOS. The lowest BCUT2D eigenvalue weighted by Crippen LogP contribution is -2.19. The number of thiol groups is 1. The molecule has 0 aliphatic carbocycles. The van der Waals surface area contributed by atoms with Gasteiger partial charge in [0.2, 0.25) is 0 Å². The number of ether oxygens (including phenoxy) is 1. The minimum Gasteiger partial charge on any atom is -0.496 e. The van der Waals surface area contributed by atoms with Gasteiger partial charge in [0, 0.05) is 12.3 Å². The first-order valence-electron chi connectivity index (χ1n) is 5.65. The Bertz CT molecular complexity index is 339. The highest BCUT2D eigenvalue weighted by Gasteiger charge is 2.05. The van der Waals surface area contributed by atoms with Gasteiger partial charge >= 0.3 is 0 Å². The summed E-state index contributed by atoms with van der Waals surface area (Å²) in [5, 5.41) is 3.35. The van der Waals surface area contributed by atoms with E-state index in [-0.39, 0.29) is 0 Å². The minimum absolute atomic E-state index is 0.890. The summed E-state index contributed by atoms with van der Waals surface area (Å²) < 4.78 is 5.30. The quantitative estimate of drug-likeness (QED) is 0.587. The van der Waals surface area contributed by atoms with Gasteiger partial charge in [-0.15, -0.1) is 0 Å². The van der Waals surface area contributed by atoms with E-state index in [1.807, 2.05) is 0 Å². The molecule has 0 amide bonds. The third-order valence-corrected chi connectivity index (χ3v) is 3.15. The molecule has 0 aliphatic rings. The van der Waals surface area contributed by atoms with Crippen LogP contribution in [0.5, 0.6) is 5.75 Å². The van der Waals surface area contributed by atoms with Crippen molar-refractivity contribution in [2.24, 2.45) is 0 Å². The van der Waals surface area contributed by atoms with Crippen molar-refractivity contribution in [1.82, 2.24) is 5.32 Å². The average molecular weight is 239 g/mol. The Morgan fingerprint density at radius 1 is 1.19 bits per heavy atom. The van der Waals surface area contributed by atoms with E-state index in [0.29, 0.717) is 0 Å². The predicted octanol–water partition coefficient (Wildman–Crippen LogP) is 2.37. The smallest absolute Gasteiger partial charge is 0.122 e. The van der Waals surface area contributed by atoms with E-state index in [2.05, 4.69) is 43.9 Å². The molecule has 0 bridgehead atoms. The standard InChI is InChI=1S/C13H21NOS/c1-10-11(2)13(15-3)5-4-12(10)6-7-14-8-9-16/h4-5,14,16H,6-9H2,1-3H3. The van der Waals surface area contributed by atoms with Gasteiger partial charge < -0.3 is 10.1 Å². The molecule has 16 heavy (non-hydrogen) atoms. The zero-order valence-electron chi connectivity index (χ0n) is 10.3. The Morgan fingerprint density at radius 3 is 2.56 bits per heavy atom. The van der Waals surface area contributed by atoms with E-state index < -0.39 is 0 Å². The number of methoxy groups -OCH3 is 1. The van der Waals surface area contributed by atoms with Crippen LogP contribution in [0.3, 0.4) is 0 Å². The van der Waals surface area contributed by atoms with Crippen molar-refractivity contribution in [3.05, 3.63) is 28.8 Å². The second kappa shape index (κ2) is 6.81. The number of hydrogen-bond donors (Lipinski definition) is 2. The van der Waals surface area contributed by atoms with Crippen LogP contribution < -0.4 is 10.1 Å². The first-order chi connectivity index (χ1) is 7.70. The monoisotopic (exact) mass is 239 g/mol. The highest BCUT2D eigenvalue weighted by atomic mass is 32.1. The van der Waals surface area contributed by atoms with Gasteiger partial charge in [0.15, 0.2) is 0 Å². The fraction of sp³-hybridized carbons (Fsp3) is 0.538. The van der Waals surface area contributed by atoms with Crippen molar-refractivity contribution in [3.63, 3.8) is 0 Å². The van der Waals surface area contributed by atoms with E-state index in [4.69, 9.17) is 4.74 Å². The van der Waals surface area contributed by atoms with Gasteiger partial charge in [-0.05, 0) is 49.6 Å². The highest BCUT2D eigenvalue weighted by molar-refractivity contribution is 7.80. The van der Waals surface area contributed by atoms with E-state index in [1.54, 1.807) is 7.11 Å². The van der Waals surface area contributed by atoms with Crippen LogP contribution in [0.15, 0.2) is 12.1 Å². The molecule has 0 aliphatic heterocycles. The lowest BCUT2D eigenvalue weighted by Gasteiger charge is -2.12. The summed E-state index contributed by atoms with van der Waals surface area (Å²) in [6.07, 6.45) is 1.06. The summed E-state index contributed by atoms with van der Waals surface area (Å²) in [5.41, 5.74) is 3.98. The van der Waals surface area contributed by atoms with Crippen LogP contribution in [0, 0.1) is 13.8 Å². The van der Waals surface area contributed by atoms with Crippen molar-refractivity contribution in [2.45, 2.75) is 20.3 Å². The van der Waals surface area contributed by atoms with Crippen molar-refractivity contribution in [3.8, 4) is 5.75 Å². The molecule has 0 saturated carbocycles. The average Bonchev–Trinajstić information content (AvgIpc) is 2.30. The van der Waals surface area contributed by atoms with Crippen molar-refractivity contribution < 1.29 is 4.74 Å². The molecule has 0 saturated heterocycles. The van der Waals surface area contributed by atoms with Crippen LogP contribution in [-0.2, 0) is 6.42 Å². The maximum Gasteiger partial charge on any atom is 0.122 e. The fourth-order valence-electron chi connectivity index (χ4n) is 1.77. The molecule has 0 spiro atoms. The SMILES string of the molecule is COc1ccc(CCNCCS)c(C)c1C. The van der Waals surface area contributed by atoms with Crippen molar-refractivity contribution in [2.75, 3.05) is 26.0 Å². The molecule has 0 aromatic heterocycles. The maximum atomic E-state index is 5.30. The number of hydrogen-bond acceptors (Lipinski definition) is 3. The summed E-state index contributed by atoms with van der Waals surface area (Å²) >= 11 is 4.16. The Labute approximate surface area is 104 Å². The van der Waals surface area contributed by atoms with Gasteiger partial charge in [0.05, 0.1) is 7.11 Å². The Kier molecular flexibility index (Phi) is 5.71. The van der Waals surface area contributed by atoms with Gasteiger partial charge in [-0.25, -0.2) is 0 Å². The Balaban J connectivity index is 2.64. The van der Waals surface area contributed by atoms with Gasteiger partial charge in [0.25, 0.3) is 0 Å². The molecule has 0 unspecified atom stereocenters. The number of nitrogens with one attached hydrogen (secondary N) is 1. The van der Waals surface area contributed by atoms with E-state index in [0.717, 1.165) is 31.0 Å². The largest absolute Gasteiger partial charge is 0.496 e. The van der Waals surface area contributed by atoms with E-state index in [9.17, 15) is 0 Å². The molecule has 1 rings (SSSR count). The van der Waals surface area contributed by atoms with Gasteiger partial charge in [0.1, 0.15) is 5.75 Å². The third-order valence-electron chi connectivity index (χ3n) is 2.93. The molecule has 0 fully saturated rings. The molecule has 1 N–H and O–H groups in total. The molecule has 0 heterocycles. The van der Waals surface area contributed by atoms with Gasteiger partial charge in [-0.2, -0.15) is 12.6 Å². The van der Waals surface area contributed by atoms with Crippen LogP contribution in [0.25, 0.3) is 0 Å². The number of rotatable bonds is 6. The van der Waals surface area contributed by atoms with Crippen molar-refractivity contribution in [1.29, 1.82) is 0 Å². The summed E-state index contributed by atoms with van der Waals surface area (Å²) in [6.45, 7) is 6.25. The van der Waals surface area contributed by atoms with Gasteiger partial charge in [-0.3, -0.25) is 0 Å². The zero-order valence-corrected chi connectivity index (χ0v) is 11.2. The first kappa shape index (κ1) is 13.4. The van der Waals surface area contributed by atoms with Crippen LogP contribution >= 0.6 is 12.6 Å². The van der Waals surface area contributed by atoms with Crippen LogP contribution in [0.1, 0.15) is 16.7 Å². The molecule has 90 valence electrons. The zero-order chi connectivity index (χ0) is 12.0. The van der Waals surface area contributed by atoms with Crippen LogP contribution in [-0.4, -0.2) is 26.0 Å². The molecule has 1 aromatic carbocycles. The Hall–Kier alpha value is -0.670.